The molecule has 96 valence electrons. The van der Waals surface area contributed by atoms with E-state index in [1.807, 2.05) is 18.3 Å². The van der Waals surface area contributed by atoms with Crippen molar-refractivity contribution in [3.05, 3.63) is 29.0 Å². The number of rotatable bonds is 3. The maximum absolute atomic E-state index is 12.0. The zero-order valence-electron chi connectivity index (χ0n) is 10.4. The van der Waals surface area contributed by atoms with Crippen LogP contribution in [-0.2, 0) is 9.53 Å². The van der Waals surface area contributed by atoms with Crippen molar-refractivity contribution >= 4 is 33.3 Å². The quantitative estimate of drug-likeness (QED) is 0.947. The van der Waals surface area contributed by atoms with Crippen molar-refractivity contribution in [3.63, 3.8) is 0 Å². The number of nitrogens with one attached hydrogen (secondary N) is 1. The first-order valence-corrected chi connectivity index (χ1v) is 6.23. The molecule has 0 aliphatic heterocycles. The maximum Gasteiger partial charge on any atom is 0.257 e. The summed E-state index contributed by atoms with van der Waals surface area (Å²) in [6, 6.07) is 3.77. The van der Waals surface area contributed by atoms with Crippen molar-refractivity contribution in [3.8, 4) is 0 Å². The maximum atomic E-state index is 12.0. The largest absolute Gasteiger partial charge is 0.369 e. The van der Waals surface area contributed by atoms with E-state index in [2.05, 4.69) is 26.2 Å². The molecular formula is C12H14BrN3O2. The molecule has 0 fully saturated rings. The number of anilines is 1. The number of carbonyl (C=O) groups is 1. The number of pyridine rings is 1. The number of carbonyl (C=O) groups excluding carboxylic acids is 1. The van der Waals surface area contributed by atoms with E-state index in [-0.39, 0.29) is 5.91 Å². The predicted octanol–water partition coefficient (Wildman–Crippen LogP) is 2.46. The number of amides is 1. The molecule has 0 aromatic carbocycles. The number of nitrogens with zero attached hydrogens (tertiary/aromatic N) is 2. The van der Waals surface area contributed by atoms with Crippen LogP contribution < -0.4 is 5.32 Å². The summed E-state index contributed by atoms with van der Waals surface area (Å²) < 4.78 is 7.80. The van der Waals surface area contributed by atoms with Crippen LogP contribution in [0.25, 0.3) is 5.65 Å². The van der Waals surface area contributed by atoms with Crippen LogP contribution in [0, 0.1) is 0 Å². The van der Waals surface area contributed by atoms with Crippen LogP contribution in [-0.4, -0.2) is 28.0 Å². The zero-order valence-corrected chi connectivity index (χ0v) is 12.0. The summed E-state index contributed by atoms with van der Waals surface area (Å²) >= 11 is 3.41. The molecule has 1 amide bonds. The van der Waals surface area contributed by atoms with E-state index in [1.165, 1.54) is 7.11 Å². The van der Waals surface area contributed by atoms with Crippen LogP contribution in [0.2, 0.25) is 0 Å². The fourth-order valence-electron chi connectivity index (χ4n) is 1.43. The highest BCUT2D eigenvalue weighted by Gasteiger charge is 2.27. The van der Waals surface area contributed by atoms with Gasteiger partial charge in [0.1, 0.15) is 11.4 Å². The summed E-state index contributed by atoms with van der Waals surface area (Å²) in [6.07, 6.45) is 3.45. The van der Waals surface area contributed by atoms with E-state index < -0.39 is 5.60 Å². The molecule has 0 atom stereocenters. The van der Waals surface area contributed by atoms with Gasteiger partial charge in [-0.15, -0.1) is 0 Å². The summed E-state index contributed by atoms with van der Waals surface area (Å²) in [7, 11) is 1.50. The second-order valence-corrected chi connectivity index (χ2v) is 5.22. The first kappa shape index (κ1) is 13.0. The third-order valence-electron chi connectivity index (χ3n) is 2.79. The molecule has 0 saturated carbocycles. The normalized spacial score (nSPS) is 11.8. The van der Waals surface area contributed by atoms with Gasteiger partial charge < -0.3 is 10.1 Å². The van der Waals surface area contributed by atoms with E-state index >= 15 is 0 Å². The molecular weight excluding hydrogens is 298 g/mol. The second-order valence-electron chi connectivity index (χ2n) is 4.36. The van der Waals surface area contributed by atoms with Crippen molar-refractivity contribution in [1.29, 1.82) is 0 Å². The Balaban J connectivity index is 2.34. The van der Waals surface area contributed by atoms with Gasteiger partial charge in [0.15, 0.2) is 5.65 Å². The van der Waals surface area contributed by atoms with E-state index in [4.69, 9.17) is 4.74 Å². The molecule has 0 spiro atoms. The first-order valence-electron chi connectivity index (χ1n) is 5.44. The Kier molecular flexibility index (Phi) is 3.41. The lowest BCUT2D eigenvalue weighted by atomic mass is 10.1. The van der Waals surface area contributed by atoms with Gasteiger partial charge in [-0.1, -0.05) is 0 Å². The smallest absolute Gasteiger partial charge is 0.257 e. The number of ether oxygens (including phenoxy) is 1. The number of aromatic nitrogens is 2. The molecule has 5 nitrogen and oxygen atoms in total. The summed E-state index contributed by atoms with van der Waals surface area (Å²) in [6.45, 7) is 3.42. The molecule has 0 unspecified atom stereocenters. The van der Waals surface area contributed by atoms with Crippen molar-refractivity contribution in [2.24, 2.45) is 0 Å². The molecule has 2 heterocycles. The third-order valence-corrected chi connectivity index (χ3v) is 3.41. The Morgan fingerprint density at radius 3 is 2.94 bits per heavy atom. The van der Waals surface area contributed by atoms with Gasteiger partial charge in [0.2, 0.25) is 0 Å². The minimum Gasteiger partial charge on any atom is -0.369 e. The van der Waals surface area contributed by atoms with Crippen molar-refractivity contribution in [2.45, 2.75) is 19.4 Å². The molecule has 18 heavy (non-hydrogen) atoms. The van der Waals surface area contributed by atoms with Crippen LogP contribution in [0.3, 0.4) is 0 Å². The number of hydrogen-bond acceptors (Lipinski definition) is 3. The van der Waals surface area contributed by atoms with Gasteiger partial charge >= 0.3 is 0 Å². The molecule has 2 rings (SSSR count). The van der Waals surface area contributed by atoms with Crippen LogP contribution in [0.4, 0.5) is 5.82 Å². The highest BCUT2D eigenvalue weighted by molar-refractivity contribution is 9.10. The lowest BCUT2D eigenvalue weighted by Crippen LogP contribution is -2.39. The number of methoxy groups -OCH3 is 1. The Morgan fingerprint density at radius 2 is 2.28 bits per heavy atom. The number of halogens is 1. The molecule has 0 aliphatic rings. The fourth-order valence-corrected chi connectivity index (χ4v) is 1.87. The van der Waals surface area contributed by atoms with Crippen LogP contribution >= 0.6 is 15.9 Å². The van der Waals surface area contributed by atoms with Gasteiger partial charge in [-0.25, -0.2) is 4.98 Å². The molecule has 2 aromatic rings. The van der Waals surface area contributed by atoms with Crippen molar-refractivity contribution in [2.75, 3.05) is 12.4 Å². The van der Waals surface area contributed by atoms with E-state index in [9.17, 15) is 4.79 Å². The SMILES string of the molecule is COC(C)(C)C(=O)Nc1cnc2c(Br)cccn12. The molecule has 1 N–H and O–H groups in total. The highest BCUT2D eigenvalue weighted by atomic mass is 79.9. The molecule has 0 aliphatic carbocycles. The molecule has 0 saturated heterocycles. The van der Waals surface area contributed by atoms with E-state index in [0.29, 0.717) is 5.82 Å². The Hall–Kier alpha value is -1.40. The van der Waals surface area contributed by atoms with Crippen molar-refractivity contribution < 1.29 is 9.53 Å². The first-order chi connectivity index (χ1) is 8.45. The van der Waals surface area contributed by atoms with Gasteiger partial charge in [0.25, 0.3) is 5.91 Å². The van der Waals surface area contributed by atoms with Gasteiger partial charge in [-0.2, -0.15) is 0 Å². The van der Waals surface area contributed by atoms with Crippen LogP contribution in [0.1, 0.15) is 13.8 Å². The Labute approximate surface area is 113 Å². The predicted molar refractivity (Wildman–Crippen MR) is 72.6 cm³/mol. The molecule has 2 aromatic heterocycles. The standard InChI is InChI=1S/C12H14BrN3O2/c1-12(2,18-3)11(17)15-9-7-14-10-8(13)5-4-6-16(9)10/h4-7H,1-3H3,(H,15,17). The minimum absolute atomic E-state index is 0.216. The number of hydrogen-bond donors (Lipinski definition) is 1. The molecule has 0 radical (unpaired) electrons. The summed E-state index contributed by atoms with van der Waals surface area (Å²) in [5.74, 6) is 0.396. The summed E-state index contributed by atoms with van der Waals surface area (Å²) in [5, 5.41) is 2.80. The van der Waals surface area contributed by atoms with Crippen molar-refractivity contribution in [1.82, 2.24) is 9.38 Å². The third kappa shape index (κ3) is 2.26. The van der Waals surface area contributed by atoms with Crippen LogP contribution in [0.15, 0.2) is 29.0 Å². The van der Waals surface area contributed by atoms with Crippen LogP contribution in [0.5, 0.6) is 0 Å². The monoisotopic (exact) mass is 311 g/mol. The lowest BCUT2D eigenvalue weighted by Gasteiger charge is -2.21. The van der Waals surface area contributed by atoms with Gasteiger partial charge in [-0.05, 0) is 41.9 Å². The van der Waals surface area contributed by atoms with E-state index in [1.54, 1.807) is 24.4 Å². The molecule has 6 heteroatoms. The average molecular weight is 312 g/mol. The Bertz CT molecular complexity index is 592. The topological polar surface area (TPSA) is 55.6 Å². The minimum atomic E-state index is -0.879. The number of fused-ring (bicyclic) bond motifs is 1. The summed E-state index contributed by atoms with van der Waals surface area (Å²) in [4.78, 5) is 16.2. The lowest BCUT2D eigenvalue weighted by molar-refractivity contribution is -0.133. The molecule has 0 bridgehead atoms. The Morgan fingerprint density at radius 1 is 1.56 bits per heavy atom. The zero-order chi connectivity index (χ0) is 13.3. The van der Waals surface area contributed by atoms with Gasteiger partial charge in [0, 0.05) is 13.3 Å². The average Bonchev–Trinajstić information content (AvgIpc) is 2.74. The van der Waals surface area contributed by atoms with Gasteiger partial charge in [0.05, 0.1) is 10.7 Å². The highest BCUT2D eigenvalue weighted by Crippen LogP contribution is 2.21. The number of imidazole rings is 1. The fraction of sp³-hybridized carbons (Fsp3) is 0.333. The summed E-state index contributed by atoms with van der Waals surface area (Å²) in [5.41, 5.74) is -0.126. The van der Waals surface area contributed by atoms with E-state index in [0.717, 1.165) is 10.1 Å². The second kappa shape index (κ2) is 4.70. The van der Waals surface area contributed by atoms with Gasteiger partial charge in [-0.3, -0.25) is 9.20 Å².